The number of carbonyl (C=O) groups is 2. The van der Waals surface area contributed by atoms with Crippen molar-refractivity contribution in [3.05, 3.63) is 41.5 Å². The highest BCUT2D eigenvalue weighted by Gasteiger charge is 2.22. The van der Waals surface area contributed by atoms with E-state index in [0.29, 0.717) is 18.6 Å². The summed E-state index contributed by atoms with van der Waals surface area (Å²) >= 11 is 0. The van der Waals surface area contributed by atoms with E-state index in [-0.39, 0.29) is 12.4 Å². The van der Waals surface area contributed by atoms with E-state index >= 15 is 0 Å². The molecule has 0 bridgehead atoms. The zero-order valence-electron chi connectivity index (χ0n) is 9.18. The second kappa shape index (κ2) is 4.82. The Kier molecular flexibility index (Phi) is 3.23. The van der Waals surface area contributed by atoms with Crippen LogP contribution >= 0.6 is 0 Å². The number of carboxylic acids is 1. The molecule has 1 aromatic rings. The van der Waals surface area contributed by atoms with Gasteiger partial charge >= 0.3 is 5.97 Å². The van der Waals surface area contributed by atoms with Crippen LogP contribution in [0, 0.1) is 0 Å². The molecule has 0 unspecified atom stereocenters. The topological polar surface area (TPSA) is 63.6 Å². The van der Waals surface area contributed by atoms with Gasteiger partial charge in [-0.1, -0.05) is 12.1 Å². The predicted octanol–water partition coefficient (Wildman–Crippen LogP) is 1.84. The third kappa shape index (κ3) is 2.53. The molecule has 0 spiro atoms. The second-order valence-corrected chi connectivity index (χ2v) is 3.76. The number of fused-ring (bicyclic) bond motifs is 1. The van der Waals surface area contributed by atoms with Gasteiger partial charge in [0.15, 0.2) is 5.78 Å². The molecule has 0 saturated heterocycles. The Bertz CT molecular complexity index is 488. The summed E-state index contributed by atoms with van der Waals surface area (Å²) in [6.07, 6.45) is 3.69. The van der Waals surface area contributed by atoms with E-state index in [1.807, 2.05) is 0 Å². The summed E-state index contributed by atoms with van der Waals surface area (Å²) < 4.78 is 5.45. The van der Waals surface area contributed by atoms with Crippen molar-refractivity contribution in [2.75, 3.05) is 6.61 Å². The van der Waals surface area contributed by atoms with Crippen LogP contribution in [0.4, 0.5) is 0 Å². The fourth-order valence-electron chi connectivity index (χ4n) is 1.88. The predicted molar refractivity (Wildman–Crippen MR) is 61.4 cm³/mol. The van der Waals surface area contributed by atoms with E-state index in [1.54, 1.807) is 18.2 Å². The van der Waals surface area contributed by atoms with Crippen molar-refractivity contribution in [1.82, 2.24) is 0 Å². The standard InChI is InChI=1S/C13H12O4/c14-11-7-6-10-9(11)3-1-4-12(10)17-8-2-5-13(15)16/h1-5H,6-8H2,(H,15,16)/b5-2+. The van der Waals surface area contributed by atoms with Gasteiger partial charge in [0.1, 0.15) is 12.4 Å². The van der Waals surface area contributed by atoms with Gasteiger partial charge < -0.3 is 9.84 Å². The van der Waals surface area contributed by atoms with E-state index in [9.17, 15) is 9.59 Å². The summed E-state index contributed by atoms with van der Waals surface area (Å²) in [5.41, 5.74) is 1.66. The maximum absolute atomic E-state index is 11.5. The molecule has 1 aliphatic carbocycles. The highest BCUT2D eigenvalue weighted by Crippen LogP contribution is 2.30. The molecular weight excluding hydrogens is 220 g/mol. The summed E-state index contributed by atoms with van der Waals surface area (Å²) in [6, 6.07) is 5.37. The lowest BCUT2D eigenvalue weighted by molar-refractivity contribution is -0.131. The molecule has 0 aliphatic heterocycles. The van der Waals surface area contributed by atoms with Crippen molar-refractivity contribution in [3.63, 3.8) is 0 Å². The lowest BCUT2D eigenvalue weighted by Crippen LogP contribution is -1.99. The molecule has 0 radical (unpaired) electrons. The molecule has 1 N–H and O–H groups in total. The summed E-state index contributed by atoms with van der Waals surface area (Å²) in [4.78, 5) is 21.7. The maximum Gasteiger partial charge on any atom is 0.328 e. The van der Waals surface area contributed by atoms with Crippen LogP contribution in [0.1, 0.15) is 22.3 Å². The Morgan fingerprint density at radius 2 is 2.24 bits per heavy atom. The van der Waals surface area contributed by atoms with Gasteiger partial charge in [0.05, 0.1) is 0 Å². The first-order valence-electron chi connectivity index (χ1n) is 5.36. The zero-order chi connectivity index (χ0) is 12.3. The number of carbonyl (C=O) groups excluding carboxylic acids is 1. The van der Waals surface area contributed by atoms with Gasteiger partial charge in [-0.05, 0) is 18.6 Å². The Morgan fingerprint density at radius 1 is 1.41 bits per heavy atom. The number of rotatable bonds is 4. The van der Waals surface area contributed by atoms with Gasteiger partial charge in [-0.2, -0.15) is 0 Å². The fourth-order valence-corrected chi connectivity index (χ4v) is 1.88. The van der Waals surface area contributed by atoms with Gasteiger partial charge in [-0.3, -0.25) is 4.79 Å². The van der Waals surface area contributed by atoms with Gasteiger partial charge in [0.25, 0.3) is 0 Å². The summed E-state index contributed by atoms with van der Waals surface area (Å²) in [5.74, 6) is -0.183. The first-order valence-corrected chi connectivity index (χ1v) is 5.36. The molecule has 17 heavy (non-hydrogen) atoms. The highest BCUT2D eigenvalue weighted by molar-refractivity contribution is 6.01. The third-order valence-corrected chi connectivity index (χ3v) is 2.63. The molecule has 0 heterocycles. The average molecular weight is 232 g/mol. The molecule has 0 saturated carbocycles. The van der Waals surface area contributed by atoms with Crippen molar-refractivity contribution >= 4 is 11.8 Å². The quantitative estimate of drug-likeness (QED) is 0.804. The van der Waals surface area contributed by atoms with E-state index in [1.165, 1.54) is 6.08 Å². The van der Waals surface area contributed by atoms with Crippen LogP contribution in [0.2, 0.25) is 0 Å². The molecule has 0 aromatic heterocycles. The molecule has 88 valence electrons. The molecule has 0 atom stereocenters. The van der Waals surface area contributed by atoms with Crippen molar-refractivity contribution in [2.45, 2.75) is 12.8 Å². The average Bonchev–Trinajstić information content (AvgIpc) is 2.67. The minimum Gasteiger partial charge on any atom is -0.489 e. The molecular formula is C13H12O4. The van der Waals surface area contributed by atoms with Crippen LogP contribution in [0.3, 0.4) is 0 Å². The lowest BCUT2D eigenvalue weighted by Gasteiger charge is -2.07. The maximum atomic E-state index is 11.5. The minimum atomic E-state index is -0.998. The third-order valence-electron chi connectivity index (χ3n) is 2.63. The molecule has 1 aliphatic rings. The van der Waals surface area contributed by atoms with Crippen LogP contribution in [-0.2, 0) is 11.2 Å². The van der Waals surface area contributed by atoms with Crippen LogP contribution in [-0.4, -0.2) is 23.5 Å². The molecule has 0 amide bonds. The molecule has 2 rings (SSSR count). The smallest absolute Gasteiger partial charge is 0.328 e. The number of benzene rings is 1. The van der Waals surface area contributed by atoms with E-state index in [0.717, 1.165) is 17.2 Å². The number of hydrogen-bond acceptors (Lipinski definition) is 3. The van der Waals surface area contributed by atoms with Crippen LogP contribution in [0.5, 0.6) is 5.75 Å². The molecule has 0 fully saturated rings. The van der Waals surface area contributed by atoms with Crippen LogP contribution in [0.25, 0.3) is 0 Å². The number of ether oxygens (including phenoxy) is 1. The van der Waals surface area contributed by atoms with Gasteiger partial charge in [0, 0.05) is 23.6 Å². The Balaban J connectivity index is 2.08. The summed E-state index contributed by atoms with van der Waals surface area (Å²) in [7, 11) is 0. The van der Waals surface area contributed by atoms with E-state index in [2.05, 4.69) is 0 Å². The number of carboxylic acid groups (broad SMARTS) is 1. The summed E-state index contributed by atoms with van der Waals surface area (Å²) in [5, 5.41) is 8.41. The molecule has 4 nitrogen and oxygen atoms in total. The molecule has 1 aromatic carbocycles. The summed E-state index contributed by atoms with van der Waals surface area (Å²) in [6.45, 7) is 0.191. The second-order valence-electron chi connectivity index (χ2n) is 3.76. The number of Topliss-reactive ketones (excluding diaryl/α,β-unsaturated/α-hetero) is 1. The first-order chi connectivity index (χ1) is 8.18. The normalized spacial score (nSPS) is 14.0. The van der Waals surface area contributed by atoms with Gasteiger partial charge in [-0.15, -0.1) is 0 Å². The largest absolute Gasteiger partial charge is 0.489 e. The van der Waals surface area contributed by atoms with Crippen molar-refractivity contribution in [1.29, 1.82) is 0 Å². The number of ketones is 1. The molecule has 4 heteroatoms. The van der Waals surface area contributed by atoms with Gasteiger partial charge in [-0.25, -0.2) is 4.79 Å². The SMILES string of the molecule is O=C(O)/C=C/COc1cccc2c1CCC2=O. The minimum absolute atomic E-state index is 0.145. The number of hydrogen-bond donors (Lipinski definition) is 1. The van der Waals surface area contributed by atoms with Crippen molar-refractivity contribution < 1.29 is 19.4 Å². The zero-order valence-corrected chi connectivity index (χ0v) is 9.18. The fraction of sp³-hybridized carbons (Fsp3) is 0.231. The Hall–Kier alpha value is -2.10. The lowest BCUT2D eigenvalue weighted by atomic mass is 10.1. The Morgan fingerprint density at radius 3 is 3.00 bits per heavy atom. The van der Waals surface area contributed by atoms with Crippen molar-refractivity contribution in [2.24, 2.45) is 0 Å². The Labute approximate surface area is 98.5 Å². The monoisotopic (exact) mass is 232 g/mol. The van der Waals surface area contributed by atoms with Crippen LogP contribution in [0.15, 0.2) is 30.4 Å². The van der Waals surface area contributed by atoms with E-state index < -0.39 is 5.97 Å². The van der Waals surface area contributed by atoms with Crippen LogP contribution < -0.4 is 4.74 Å². The number of aliphatic carboxylic acids is 1. The van der Waals surface area contributed by atoms with E-state index in [4.69, 9.17) is 9.84 Å². The van der Waals surface area contributed by atoms with Gasteiger partial charge in [0.2, 0.25) is 0 Å². The highest BCUT2D eigenvalue weighted by atomic mass is 16.5. The van der Waals surface area contributed by atoms with Crippen molar-refractivity contribution in [3.8, 4) is 5.75 Å². The first kappa shape index (κ1) is 11.4.